The van der Waals surface area contributed by atoms with Gasteiger partial charge in [-0.2, -0.15) is 0 Å². The Labute approximate surface area is 100 Å². The number of rotatable bonds is 3. The number of imidazole rings is 1. The van der Waals surface area contributed by atoms with Gasteiger partial charge in [-0.3, -0.25) is 4.57 Å². The fraction of sp³-hybridized carbons (Fsp3) is 0.308. The number of nitrogens with one attached hydrogen (secondary N) is 1. The number of anilines is 1. The number of nitrogens with zero attached hydrogens (tertiary/aromatic N) is 2. The summed E-state index contributed by atoms with van der Waals surface area (Å²) in [7, 11) is 0. The molecule has 0 aliphatic rings. The van der Waals surface area contributed by atoms with Crippen LogP contribution in [0.3, 0.4) is 0 Å². The van der Waals surface area contributed by atoms with E-state index in [-0.39, 0.29) is 5.82 Å². The van der Waals surface area contributed by atoms with Gasteiger partial charge in [0.15, 0.2) is 0 Å². The second-order valence-corrected chi connectivity index (χ2v) is 4.06. The molecule has 0 bridgehead atoms. The molecule has 3 nitrogen and oxygen atoms in total. The van der Waals surface area contributed by atoms with Crippen LogP contribution in [0, 0.1) is 19.7 Å². The van der Waals surface area contributed by atoms with Crippen molar-refractivity contribution in [2.75, 3.05) is 11.9 Å². The highest BCUT2D eigenvalue weighted by atomic mass is 19.1. The number of hydrogen-bond donors (Lipinski definition) is 1. The summed E-state index contributed by atoms with van der Waals surface area (Å²) in [4.78, 5) is 4.33. The highest BCUT2D eigenvalue weighted by Crippen LogP contribution is 2.20. The van der Waals surface area contributed by atoms with Gasteiger partial charge in [0.05, 0.1) is 11.4 Å². The first-order valence-corrected chi connectivity index (χ1v) is 5.68. The monoisotopic (exact) mass is 233 g/mol. The average molecular weight is 233 g/mol. The maximum Gasteiger partial charge on any atom is 0.207 e. The van der Waals surface area contributed by atoms with Crippen LogP contribution in [-0.2, 0) is 0 Å². The molecule has 0 aliphatic heterocycles. The van der Waals surface area contributed by atoms with E-state index in [1.54, 1.807) is 10.6 Å². The summed E-state index contributed by atoms with van der Waals surface area (Å²) in [6.07, 6.45) is 1.83. The fourth-order valence-electron chi connectivity index (χ4n) is 1.77. The third-order valence-electron chi connectivity index (χ3n) is 2.52. The van der Waals surface area contributed by atoms with Crippen LogP contribution >= 0.6 is 0 Å². The van der Waals surface area contributed by atoms with Gasteiger partial charge in [0.2, 0.25) is 5.95 Å². The predicted molar refractivity (Wildman–Crippen MR) is 67.2 cm³/mol. The van der Waals surface area contributed by atoms with E-state index in [1.165, 1.54) is 6.07 Å². The van der Waals surface area contributed by atoms with Crippen molar-refractivity contribution in [3.63, 3.8) is 0 Å². The van der Waals surface area contributed by atoms with Gasteiger partial charge >= 0.3 is 0 Å². The largest absolute Gasteiger partial charge is 0.356 e. The topological polar surface area (TPSA) is 29.9 Å². The van der Waals surface area contributed by atoms with E-state index in [2.05, 4.69) is 10.3 Å². The van der Waals surface area contributed by atoms with Crippen molar-refractivity contribution in [1.29, 1.82) is 0 Å². The van der Waals surface area contributed by atoms with Crippen LogP contribution in [-0.4, -0.2) is 16.1 Å². The highest BCUT2D eigenvalue weighted by Gasteiger charge is 2.10. The van der Waals surface area contributed by atoms with E-state index in [9.17, 15) is 4.39 Å². The quantitative estimate of drug-likeness (QED) is 0.883. The van der Waals surface area contributed by atoms with Crippen molar-refractivity contribution in [3.05, 3.63) is 41.5 Å². The minimum Gasteiger partial charge on any atom is -0.356 e. The second kappa shape index (κ2) is 4.57. The number of hydrogen-bond acceptors (Lipinski definition) is 2. The number of halogens is 1. The van der Waals surface area contributed by atoms with Gasteiger partial charge in [0.1, 0.15) is 5.82 Å². The molecule has 0 amide bonds. The maximum atomic E-state index is 13.9. The summed E-state index contributed by atoms with van der Waals surface area (Å²) in [5, 5.41) is 3.12. The molecule has 0 spiro atoms. The van der Waals surface area contributed by atoms with E-state index < -0.39 is 0 Å². The molecule has 1 heterocycles. The fourth-order valence-corrected chi connectivity index (χ4v) is 1.77. The SMILES string of the molecule is CCNc1nc(C)cn1-c1ccc(C)cc1F. The Kier molecular flexibility index (Phi) is 3.13. The Morgan fingerprint density at radius 1 is 1.35 bits per heavy atom. The molecule has 1 aromatic carbocycles. The van der Waals surface area contributed by atoms with Gasteiger partial charge < -0.3 is 5.32 Å². The molecule has 2 rings (SSSR count). The molecule has 4 heteroatoms. The summed E-state index contributed by atoms with van der Waals surface area (Å²) in [6, 6.07) is 5.19. The van der Waals surface area contributed by atoms with Crippen molar-refractivity contribution in [1.82, 2.24) is 9.55 Å². The molecule has 0 saturated carbocycles. The van der Waals surface area contributed by atoms with E-state index >= 15 is 0 Å². The van der Waals surface area contributed by atoms with Crippen molar-refractivity contribution in [2.45, 2.75) is 20.8 Å². The Morgan fingerprint density at radius 2 is 2.12 bits per heavy atom. The predicted octanol–water partition coefficient (Wildman–Crippen LogP) is 3.06. The Bertz CT molecular complexity index is 531. The van der Waals surface area contributed by atoms with Crippen LogP contribution in [0.2, 0.25) is 0 Å². The minimum atomic E-state index is -0.235. The zero-order chi connectivity index (χ0) is 12.4. The first-order valence-electron chi connectivity index (χ1n) is 5.68. The van der Waals surface area contributed by atoms with Crippen LogP contribution < -0.4 is 5.32 Å². The van der Waals surface area contributed by atoms with Gasteiger partial charge in [-0.25, -0.2) is 9.37 Å². The first kappa shape index (κ1) is 11.6. The van der Waals surface area contributed by atoms with Gasteiger partial charge in [0, 0.05) is 12.7 Å². The standard InChI is InChI=1S/C13H16FN3/c1-4-15-13-16-10(3)8-17(13)12-6-5-9(2)7-11(12)14/h5-8H,4H2,1-3H3,(H,15,16). The Hall–Kier alpha value is -1.84. The lowest BCUT2D eigenvalue weighted by Crippen LogP contribution is -2.06. The number of aromatic nitrogens is 2. The van der Waals surface area contributed by atoms with Crippen LogP contribution in [0.15, 0.2) is 24.4 Å². The van der Waals surface area contributed by atoms with Crippen LogP contribution in [0.5, 0.6) is 0 Å². The highest BCUT2D eigenvalue weighted by molar-refractivity contribution is 5.44. The van der Waals surface area contributed by atoms with Crippen molar-refractivity contribution in [2.24, 2.45) is 0 Å². The van der Waals surface area contributed by atoms with Gasteiger partial charge in [-0.15, -0.1) is 0 Å². The smallest absolute Gasteiger partial charge is 0.207 e. The second-order valence-electron chi connectivity index (χ2n) is 4.06. The van der Waals surface area contributed by atoms with Crippen molar-refractivity contribution in [3.8, 4) is 5.69 Å². The Morgan fingerprint density at radius 3 is 2.76 bits per heavy atom. The molecular formula is C13H16FN3. The van der Waals surface area contributed by atoms with Crippen LogP contribution in [0.4, 0.5) is 10.3 Å². The molecule has 1 aromatic heterocycles. The molecule has 0 saturated heterocycles. The van der Waals surface area contributed by atoms with E-state index in [0.717, 1.165) is 17.8 Å². The molecule has 90 valence electrons. The molecule has 1 N–H and O–H groups in total. The molecule has 0 atom stereocenters. The molecule has 0 fully saturated rings. The van der Waals surface area contributed by atoms with E-state index in [1.807, 2.05) is 33.0 Å². The first-order chi connectivity index (χ1) is 8.11. The summed E-state index contributed by atoms with van der Waals surface area (Å²) in [6.45, 7) is 6.50. The van der Waals surface area contributed by atoms with Gasteiger partial charge in [-0.05, 0) is 38.5 Å². The third-order valence-corrected chi connectivity index (χ3v) is 2.52. The van der Waals surface area contributed by atoms with Crippen molar-refractivity contribution < 1.29 is 4.39 Å². The average Bonchev–Trinajstić information content (AvgIpc) is 2.60. The molecule has 2 aromatic rings. The third kappa shape index (κ3) is 2.30. The van der Waals surface area contributed by atoms with Crippen LogP contribution in [0.25, 0.3) is 5.69 Å². The summed E-state index contributed by atoms with van der Waals surface area (Å²) >= 11 is 0. The molecule has 0 aliphatic carbocycles. The van der Waals surface area contributed by atoms with Crippen molar-refractivity contribution >= 4 is 5.95 Å². The van der Waals surface area contributed by atoms with Gasteiger partial charge in [0.25, 0.3) is 0 Å². The lowest BCUT2D eigenvalue weighted by molar-refractivity contribution is 0.617. The lowest BCUT2D eigenvalue weighted by atomic mass is 10.2. The maximum absolute atomic E-state index is 13.9. The summed E-state index contributed by atoms with van der Waals surface area (Å²) < 4.78 is 15.6. The zero-order valence-electron chi connectivity index (χ0n) is 10.3. The molecule has 17 heavy (non-hydrogen) atoms. The molecule has 0 radical (unpaired) electrons. The molecule has 0 unspecified atom stereocenters. The zero-order valence-corrected chi connectivity index (χ0v) is 10.3. The van der Waals surface area contributed by atoms with E-state index in [0.29, 0.717) is 11.6 Å². The van der Waals surface area contributed by atoms with E-state index in [4.69, 9.17) is 0 Å². The number of benzene rings is 1. The van der Waals surface area contributed by atoms with Crippen LogP contribution in [0.1, 0.15) is 18.2 Å². The number of aryl methyl sites for hydroxylation is 2. The minimum absolute atomic E-state index is 0.235. The summed E-state index contributed by atoms with van der Waals surface area (Å²) in [5.41, 5.74) is 2.29. The lowest BCUT2D eigenvalue weighted by Gasteiger charge is -2.09. The van der Waals surface area contributed by atoms with Gasteiger partial charge in [-0.1, -0.05) is 6.07 Å². The Balaban J connectivity index is 2.51. The normalized spacial score (nSPS) is 10.6. The summed E-state index contributed by atoms with van der Waals surface area (Å²) in [5.74, 6) is 0.439. The molecular weight excluding hydrogens is 217 g/mol.